The van der Waals surface area contributed by atoms with Crippen LogP contribution in [0, 0.1) is 0 Å². The van der Waals surface area contributed by atoms with Crippen molar-refractivity contribution in [2.75, 3.05) is 14.2 Å². The van der Waals surface area contributed by atoms with Crippen molar-refractivity contribution in [3.8, 4) is 11.5 Å². The van der Waals surface area contributed by atoms with Crippen molar-refractivity contribution in [1.29, 1.82) is 0 Å². The summed E-state index contributed by atoms with van der Waals surface area (Å²) in [4.78, 5) is 38.2. The highest BCUT2D eigenvalue weighted by molar-refractivity contribution is 5.81. The number of para-hydroxylation sites is 2. The Balaban J connectivity index is 1.89. The van der Waals surface area contributed by atoms with Gasteiger partial charge in [-0.1, -0.05) is 31.2 Å². The Kier molecular flexibility index (Phi) is 6.56. The molecule has 1 aromatic heterocycles. The normalized spacial score (nSPS) is 10.8. The van der Waals surface area contributed by atoms with Crippen LogP contribution in [-0.4, -0.2) is 29.3 Å². The number of nitrogens with zero attached hydrogens (tertiary/aromatic N) is 2. The van der Waals surface area contributed by atoms with Crippen LogP contribution in [0.15, 0.2) is 52.1 Å². The fourth-order valence-electron chi connectivity index (χ4n) is 3.43. The van der Waals surface area contributed by atoms with Gasteiger partial charge in [-0.2, -0.15) is 0 Å². The molecule has 8 nitrogen and oxygen atoms in total. The smallest absolute Gasteiger partial charge is 0.331 e. The summed E-state index contributed by atoms with van der Waals surface area (Å²) in [5.74, 6) is 0.756. The maximum atomic E-state index is 12.9. The van der Waals surface area contributed by atoms with Gasteiger partial charge in [-0.05, 0) is 24.6 Å². The zero-order valence-corrected chi connectivity index (χ0v) is 17.3. The monoisotopic (exact) mass is 411 g/mol. The average Bonchev–Trinajstić information content (AvgIpc) is 2.77. The summed E-state index contributed by atoms with van der Waals surface area (Å²) < 4.78 is 13.2. The lowest BCUT2D eigenvalue weighted by molar-refractivity contribution is -0.121. The molecule has 30 heavy (non-hydrogen) atoms. The van der Waals surface area contributed by atoms with Gasteiger partial charge < -0.3 is 14.8 Å². The van der Waals surface area contributed by atoms with Crippen molar-refractivity contribution in [2.45, 2.75) is 33.0 Å². The summed E-state index contributed by atoms with van der Waals surface area (Å²) in [5.41, 5.74) is 0.359. The van der Waals surface area contributed by atoms with Crippen LogP contribution >= 0.6 is 0 Å². The van der Waals surface area contributed by atoms with Crippen molar-refractivity contribution in [3.63, 3.8) is 0 Å². The molecule has 0 unspecified atom stereocenters. The molecule has 0 saturated heterocycles. The minimum atomic E-state index is -0.491. The lowest BCUT2D eigenvalue weighted by Crippen LogP contribution is -2.42. The summed E-state index contributed by atoms with van der Waals surface area (Å²) in [6.07, 6.45) is 0.634. The fourth-order valence-corrected chi connectivity index (χ4v) is 3.43. The van der Waals surface area contributed by atoms with Crippen LogP contribution in [0.5, 0.6) is 11.5 Å². The van der Waals surface area contributed by atoms with Crippen LogP contribution in [0.2, 0.25) is 0 Å². The summed E-state index contributed by atoms with van der Waals surface area (Å²) >= 11 is 0. The Morgan fingerprint density at radius 3 is 2.47 bits per heavy atom. The third-order valence-corrected chi connectivity index (χ3v) is 4.84. The van der Waals surface area contributed by atoms with Gasteiger partial charge in [0.05, 0.1) is 25.1 Å². The second-order valence-corrected chi connectivity index (χ2v) is 6.77. The number of aromatic nitrogens is 2. The number of hydrogen-bond donors (Lipinski definition) is 1. The summed E-state index contributed by atoms with van der Waals surface area (Å²) in [5, 5.41) is 3.22. The first-order chi connectivity index (χ1) is 14.5. The van der Waals surface area contributed by atoms with Crippen LogP contribution in [0.25, 0.3) is 10.9 Å². The van der Waals surface area contributed by atoms with Gasteiger partial charge in [0.15, 0.2) is 11.5 Å². The molecule has 0 fully saturated rings. The molecule has 1 N–H and O–H groups in total. The lowest BCUT2D eigenvalue weighted by atomic mass is 10.2. The maximum absolute atomic E-state index is 12.9. The Hall–Kier alpha value is -3.55. The van der Waals surface area contributed by atoms with E-state index in [4.69, 9.17) is 9.47 Å². The van der Waals surface area contributed by atoms with Crippen molar-refractivity contribution < 1.29 is 14.3 Å². The van der Waals surface area contributed by atoms with Gasteiger partial charge in [-0.3, -0.25) is 18.7 Å². The molecule has 0 radical (unpaired) electrons. The van der Waals surface area contributed by atoms with E-state index in [0.717, 1.165) is 5.56 Å². The highest BCUT2D eigenvalue weighted by Crippen LogP contribution is 2.30. The van der Waals surface area contributed by atoms with Gasteiger partial charge in [-0.25, -0.2) is 4.79 Å². The predicted octanol–water partition coefficient (Wildman–Crippen LogP) is 1.91. The third-order valence-electron chi connectivity index (χ3n) is 4.84. The topological polar surface area (TPSA) is 91.6 Å². The Labute approximate surface area is 173 Å². The highest BCUT2D eigenvalue weighted by Gasteiger charge is 2.16. The maximum Gasteiger partial charge on any atom is 0.331 e. The Morgan fingerprint density at radius 1 is 1.00 bits per heavy atom. The molecule has 0 aliphatic heterocycles. The van der Waals surface area contributed by atoms with E-state index in [2.05, 4.69) is 5.32 Å². The van der Waals surface area contributed by atoms with Crippen molar-refractivity contribution >= 4 is 16.8 Å². The predicted molar refractivity (Wildman–Crippen MR) is 114 cm³/mol. The lowest BCUT2D eigenvalue weighted by Gasteiger charge is -2.15. The summed E-state index contributed by atoms with van der Waals surface area (Å²) in [6, 6.07) is 12.2. The van der Waals surface area contributed by atoms with E-state index in [9.17, 15) is 14.4 Å². The second-order valence-electron chi connectivity index (χ2n) is 6.77. The molecular weight excluding hydrogens is 386 g/mol. The van der Waals surface area contributed by atoms with Gasteiger partial charge in [0, 0.05) is 18.7 Å². The number of benzene rings is 2. The largest absolute Gasteiger partial charge is 0.493 e. The Morgan fingerprint density at radius 2 is 1.77 bits per heavy atom. The molecule has 1 heterocycles. The Bertz CT molecular complexity index is 1180. The first kappa shape index (κ1) is 21.2. The van der Waals surface area contributed by atoms with E-state index in [0.29, 0.717) is 35.4 Å². The standard InChI is InChI=1S/C22H25N3O5/c1-4-12-24-21(27)16-9-5-6-10-17(16)25(22(24)28)14-19(26)23-13-15-8-7-11-18(29-2)20(15)30-3/h5-11H,4,12-14H2,1-3H3,(H,23,26). The van der Waals surface area contributed by atoms with Gasteiger partial charge >= 0.3 is 5.69 Å². The number of nitrogens with one attached hydrogen (secondary N) is 1. The molecule has 0 aliphatic carbocycles. The van der Waals surface area contributed by atoms with E-state index in [1.165, 1.54) is 16.2 Å². The molecule has 3 aromatic rings. The van der Waals surface area contributed by atoms with Crippen LogP contribution in [0.1, 0.15) is 18.9 Å². The van der Waals surface area contributed by atoms with Crippen molar-refractivity contribution in [1.82, 2.24) is 14.5 Å². The minimum absolute atomic E-state index is 0.199. The second kappa shape index (κ2) is 9.30. The first-order valence-electron chi connectivity index (χ1n) is 9.70. The van der Waals surface area contributed by atoms with Crippen molar-refractivity contribution in [3.05, 3.63) is 68.9 Å². The fraction of sp³-hybridized carbons (Fsp3) is 0.318. The van der Waals surface area contributed by atoms with Crippen LogP contribution in [-0.2, 0) is 24.4 Å². The number of methoxy groups -OCH3 is 2. The number of fused-ring (bicyclic) bond motifs is 1. The number of carbonyl (C=O) groups excluding carboxylic acids is 1. The molecule has 158 valence electrons. The molecule has 2 aromatic carbocycles. The quantitative estimate of drug-likeness (QED) is 0.611. The number of hydrogen-bond acceptors (Lipinski definition) is 5. The van der Waals surface area contributed by atoms with E-state index >= 15 is 0 Å². The number of amides is 1. The summed E-state index contributed by atoms with van der Waals surface area (Å²) in [6.45, 7) is 2.20. The van der Waals surface area contributed by atoms with Gasteiger partial charge in [0.1, 0.15) is 6.54 Å². The molecule has 0 saturated carbocycles. The van der Waals surface area contributed by atoms with E-state index in [1.54, 1.807) is 37.4 Å². The molecule has 1 amide bonds. The van der Waals surface area contributed by atoms with E-state index in [-0.39, 0.29) is 24.6 Å². The molecule has 0 aliphatic rings. The number of ether oxygens (including phenoxy) is 2. The zero-order chi connectivity index (χ0) is 21.7. The van der Waals surface area contributed by atoms with Crippen LogP contribution in [0.4, 0.5) is 0 Å². The molecule has 0 spiro atoms. The third kappa shape index (κ3) is 4.07. The SMILES string of the molecule is CCCn1c(=O)c2ccccc2n(CC(=O)NCc2cccc(OC)c2OC)c1=O. The average molecular weight is 411 g/mol. The van der Waals surface area contributed by atoms with Gasteiger partial charge in [-0.15, -0.1) is 0 Å². The number of rotatable bonds is 8. The molecule has 0 atom stereocenters. The van der Waals surface area contributed by atoms with E-state index < -0.39 is 5.69 Å². The van der Waals surface area contributed by atoms with Gasteiger partial charge in [0.25, 0.3) is 5.56 Å². The molecule has 3 rings (SSSR count). The summed E-state index contributed by atoms with van der Waals surface area (Å²) in [7, 11) is 3.08. The highest BCUT2D eigenvalue weighted by atomic mass is 16.5. The molecule has 0 bridgehead atoms. The van der Waals surface area contributed by atoms with Crippen LogP contribution in [0.3, 0.4) is 0 Å². The molecule has 8 heteroatoms. The van der Waals surface area contributed by atoms with Crippen LogP contribution < -0.4 is 26.0 Å². The molecular formula is C22H25N3O5. The minimum Gasteiger partial charge on any atom is -0.493 e. The van der Waals surface area contributed by atoms with Gasteiger partial charge in [0.2, 0.25) is 5.91 Å². The van der Waals surface area contributed by atoms with E-state index in [1.807, 2.05) is 19.1 Å². The van der Waals surface area contributed by atoms with Crippen molar-refractivity contribution in [2.24, 2.45) is 0 Å². The number of carbonyl (C=O) groups is 1. The zero-order valence-electron chi connectivity index (χ0n) is 17.3. The first-order valence-corrected chi connectivity index (χ1v) is 9.70.